The van der Waals surface area contributed by atoms with Crippen molar-refractivity contribution in [2.24, 2.45) is 0 Å². The van der Waals surface area contributed by atoms with Crippen molar-refractivity contribution in [3.8, 4) is 0 Å². The van der Waals surface area contributed by atoms with E-state index in [0.717, 1.165) is 19.3 Å². The van der Waals surface area contributed by atoms with Crippen molar-refractivity contribution in [1.29, 1.82) is 0 Å². The van der Waals surface area contributed by atoms with Crippen molar-refractivity contribution in [2.45, 2.75) is 71.1 Å². The Labute approximate surface area is 126 Å². The molecule has 0 aliphatic rings. The highest BCUT2D eigenvalue weighted by Crippen LogP contribution is 2.08. The lowest BCUT2D eigenvalue weighted by Gasteiger charge is -2.05. The molecule has 0 saturated heterocycles. The molecule has 122 valence electrons. The second-order valence-electron chi connectivity index (χ2n) is 4.95. The number of unbranched alkanes of at least 4 members (excludes halogenated alkanes) is 6. The van der Waals surface area contributed by atoms with E-state index < -0.39 is 11.9 Å². The molecule has 0 atom stereocenters. The summed E-state index contributed by atoms with van der Waals surface area (Å²) >= 11 is 0. The van der Waals surface area contributed by atoms with E-state index in [1.165, 1.54) is 32.8 Å². The molecule has 0 spiro atoms. The van der Waals surface area contributed by atoms with Crippen molar-refractivity contribution in [3.05, 3.63) is 0 Å². The van der Waals surface area contributed by atoms with Crippen LogP contribution < -0.4 is 5.48 Å². The Morgan fingerprint density at radius 3 is 2.00 bits per heavy atom. The number of nitrogens with one attached hydrogen (secondary N) is 1. The smallest absolute Gasteiger partial charge is 0.332 e. The van der Waals surface area contributed by atoms with Gasteiger partial charge in [-0.1, -0.05) is 45.4 Å². The number of esters is 1. The Hall–Kier alpha value is -1.59. The predicted octanol–water partition coefficient (Wildman–Crippen LogP) is 2.65. The van der Waals surface area contributed by atoms with E-state index in [-0.39, 0.29) is 18.7 Å². The van der Waals surface area contributed by atoms with Crippen LogP contribution in [-0.4, -0.2) is 25.0 Å². The Morgan fingerprint density at radius 2 is 1.38 bits per heavy atom. The van der Waals surface area contributed by atoms with E-state index in [2.05, 4.69) is 22.0 Å². The SMILES string of the molecule is CCCCCCCCCC(=O)NOC(=O)CCC(=O)OC. The molecule has 0 aromatic carbocycles. The molecular weight excluding hydrogens is 274 g/mol. The van der Waals surface area contributed by atoms with Crippen LogP contribution in [0.4, 0.5) is 0 Å². The zero-order valence-corrected chi connectivity index (χ0v) is 13.1. The third-order valence-corrected chi connectivity index (χ3v) is 3.05. The number of carbonyl (C=O) groups excluding carboxylic acids is 3. The largest absolute Gasteiger partial charge is 0.469 e. The molecule has 0 aliphatic carbocycles. The monoisotopic (exact) mass is 301 g/mol. The van der Waals surface area contributed by atoms with E-state index in [1.54, 1.807) is 0 Å². The van der Waals surface area contributed by atoms with Crippen LogP contribution in [0.3, 0.4) is 0 Å². The van der Waals surface area contributed by atoms with Crippen molar-refractivity contribution >= 4 is 17.8 Å². The van der Waals surface area contributed by atoms with Crippen LogP contribution in [0.5, 0.6) is 0 Å². The summed E-state index contributed by atoms with van der Waals surface area (Å²) < 4.78 is 4.39. The Morgan fingerprint density at radius 1 is 0.810 bits per heavy atom. The van der Waals surface area contributed by atoms with Gasteiger partial charge in [-0.15, -0.1) is 0 Å². The Balaban J connectivity index is 3.45. The summed E-state index contributed by atoms with van der Waals surface area (Å²) in [7, 11) is 1.25. The highest BCUT2D eigenvalue weighted by atomic mass is 16.7. The van der Waals surface area contributed by atoms with Gasteiger partial charge in [0, 0.05) is 6.42 Å². The van der Waals surface area contributed by atoms with E-state index in [0.29, 0.717) is 6.42 Å². The molecule has 0 rings (SSSR count). The lowest BCUT2D eigenvalue weighted by Crippen LogP contribution is -2.27. The topological polar surface area (TPSA) is 81.7 Å². The predicted molar refractivity (Wildman–Crippen MR) is 78.1 cm³/mol. The van der Waals surface area contributed by atoms with E-state index >= 15 is 0 Å². The van der Waals surface area contributed by atoms with Crippen LogP contribution >= 0.6 is 0 Å². The third kappa shape index (κ3) is 13.2. The summed E-state index contributed by atoms with van der Waals surface area (Å²) in [6, 6.07) is 0. The van der Waals surface area contributed by atoms with Gasteiger partial charge in [0.25, 0.3) is 5.91 Å². The molecule has 0 fully saturated rings. The molecule has 6 nitrogen and oxygen atoms in total. The standard InChI is InChI=1S/C15H27NO5/c1-3-4-5-6-7-8-9-10-13(17)16-21-15(19)12-11-14(18)20-2/h3-12H2,1-2H3,(H,16,17). The number of ether oxygens (including phenoxy) is 1. The molecule has 0 saturated carbocycles. The lowest BCUT2D eigenvalue weighted by molar-refractivity contribution is -0.159. The molecule has 0 heterocycles. The van der Waals surface area contributed by atoms with Gasteiger partial charge in [-0.3, -0.25) is 9.59 Å². The van der Waals surface area contributed by atoms with Crippen LogP contribution in [0, 0.1) is 0 Å². The van der Waals surface area contributed by atoms with Gasteiger partial charge in [0.05, 0.1) is 20.0 Å². The molecule has 0 unspecified atom stereocenters. The van der Waals surface area contributed by atoms with E-state index in [1.807, 2.05) is 0 Å². The average molecular weight is 301 g/mol. The Kier molecular flexibility index (Phi) is 12.4. The zero-order chi connectivity index (χ0) is 15.9. The minimum Gasteiger partial charge on any atom is -0.469 e. The van der Waals surface area contributed by atoms with Crippen LogP contribution in [0.25, 0.3) is 0 Å². The number of hydrogen-bond acceptors (Lipinski definition) is 5. The summed E-state index contributed by atoms with van der Waals surface area (Å²) in [6.07, 6.45) is 8.06. The molecule has 0 aromatic rings. The number of hydrogen-bond donors (Lipinski definition) is 1. The van der Waals surface area contributed by atoms with Crippen LogP contribution in [-0.2, 0) is 24.0 Å². The molecule has 1 amide bonds. The first-order chi connectivity index (χ1) is 10.1. The lowest BCUT2D eigenvalue weighted by atomic mass is 10.1. The molecule has 21 heavy (non-hydrogen) atoms. The maximum absolute atomic E-state index is 11.4. The second-order valence-corrected chi connectivity index (χ2v) is 4.95. The van der Waals surface area contributed by atoms with Crippen molar-refractivity contribution in [1.82, 2.24) is 5.48 Å². The first-order valence-electron chi connectivity index (χ1n) is 7.65. The summed E-state index contributed by atoms with van der Waals surface area (Å²) in [5.41, 5.74) is 2.09. The van der Waals surface area contributed by atoms with Crippen molar-refractivity contribution in [3.63, 3.8) is 0 Å². The maximum atomic E-state index is 11.4. The highest BCUT2D eigenvalue weighted by molar-refractivity contribution is 5.80. The number of amides is 1. The van der Waals surface area contributed by atoms with Gasteiger partial charge in [0.1, 0.15) is 0 Å². The molecule has 0 bridgehead atoms. The number of methoxy groups -OCH3 is 1. The van der Waals surface area contributed by atoms with Gasteiger partial charge in [-0.25, -0.2) is 4.79 Å². The van der Waals surface area contributed by atoms with E-state index in [4.69, 9.17) is 0 Å². The first-order valence-corrected chi connectivity index (χ1v) is 7.65. The minimum atomic E-state index is -0.645. The first kappa shape index (κ1) is 19.4. The highest BCUT2D eigenvalue weighted by Gasteiger charge is 2.10. The van der Waals surface area contributed by atoms with Crippen LogP contribution in [0.2, 0.25) is 0 Å². The molecule has 0 aromatic heterocycles. The molecular formula is C15H27NO5. The fourth-order valence-corrected chi connectivity index (χ4v) is 1.76. The van der Waals surface area contributed by atoms with Gasteiger partial charge in [0.15, 0.2) is 0 Å². The summed E-state index contributed by atoms with van der Waals surface area (Å²) in [4.78, 5) is 38.0. The maximum Gasteiger partial charge on any atom is 0.332 e. The average Bonchev–Trinajstić information content (AvgIpc) is 2.49. The zero-order valence-electron chi connectivity index (χ0n) is 13.1. The number of rotatable bonds is 11. The molecule has 0 radical (unpaired) electrons. The number of carbonyl (C=O) groups is 3. The summed E-state index contributed by atoms with van der Waals surface area (Å²) in [5, 5.41) is 0. The van der Waals surface area contributed by atoms with Gasteiger partial charge < -0.3 is 9.57 Å². The van der Waals surface area contributed by atoms with Gasteiger partial charge >= 0.3 is 11.9 Å². The van der Waals surface area contributed by atoms with Crippen molar-refractivity contribution in [2.75, 3.05) is 7.11 Å². The fourth-order valence-electron chi connectivity index (χ4n) is 1.76. The van der Waals surface area contributed by atoms with Gasteiger partial charge in [-0.2, -0.15) is 5.48 Å². The summed E-state index contributed by atoms with van der Waals surface area (Å²) in [6.45, 7) is 2.18. The quantitative estimate of drug-likeness (QED) is 0.360. The van der Waals surface area contributed by atoms with Crippen molar-refractivity contribution < 1.29 is 24.0 Å². The van der Waals surface area contributed by atoms with E-state index in [9.17, 15) is 14.4 Å². The minimum absolute atomic E-state index is 0.0526. The van der Waals surface area contributed by atoms with Crippen LogP contribution in [0.1, 0.15) is 71.1 Å². The third-order valence-electron chi connectivity index (χ3n) is 3.05. The Bertz CT molecular complexity index is 317. The second kappa shape index (κ2) is 13.4. The van der Waals surface area contributed by atoms with Gasteiger partial charge in [0.2, 0.25) is 0 Å². The van der Waals surface area contributed by atoms with Gasteiger partial charge in [-0.05, 0) is 6.42 Å². The summed E-state index contributed by atoms with van der Waals surface area (Å²) in [5.74, 6) is -1.44. The molecule has 1 N–H and O–H groups in total. The normalized spacial score (nSPS) is 10.0. The molecule has 0 aliphatic heterocycles. The molecule has 6 heteroatoms. The van der Waals surface area contributed by atoms with Crippen LogP contribution in [0.15, 0.2) is 0 Å². The fraction of sp³-hybridized carbons (Fsp3) is 0.800. The number of hydroxylamine groups is 1.